The van der Waals surface area contributed by atoms with Gasteiger partial charge in [-0.05, 0) is 116 Å². The van der Waals surface area contributed by atoms with Crippen LogP contribution in [0.5, 0.6) is 0 Å². The maximum atomic E-state index is 12.7. The summed E-state index contributed by atoms with van der Waals surface area (Å²) in [7, 11) is -4.41. The fraction of sp³-hybridized carbons (Fsp3) is 0.594. The van der Waals surface area contributed by atoms with Gasteiger partial charge in [0.25, 0.3) is 0 Å². The molecule has 0 aliphatic heterocycles. The van der Waals surface area contributed by atoms with Gasteiger partial charge in [0.15, 0.2) is 6.10 Å². The van der Waals surface area contributed by atoms with E-state index in [1.165, 1.54) is 83.5 Å². The van der Waals surface area contributed by atoms with E-state index in [0.717, 1.165) is 109 Å². The quantitative estimate of drug-likeness (QED) is 0.0264. The Labute approximate surface area is 483 Å². The van der Waals surface area contributed by atoms with Crippen LogP contribution >= 0.6 is 7.82 Å². The van der Waals surface area contributed by atoms with Crippen molar-refractivity contribution < 1.29 is 37.6 Å². The second-order valence-electron chi connectivity index (χ2n) is 19.8. The summed E-state index contributed by atoms with van der Waals surface area (Å²) in [5, 5.41) is 0. The fourth-order valence-electron chi connectivity index (χ4n) is 7.92. The van der Waals surface area contributed by atoms with Gasteiger partial charge in [-0.25, -0.2) is 4.57 Å². The van der Waals surface area contributed by atoms with Gasteiger partial charge in [-0.1, -0.05) is 262 Å². The predicted octanol–water partition coefficient (Wildman–Crippen LogP) is 20.1. The number of nitrogens with two attached hydrogens (primary N) is 1. The van der Waals surface area contributed by atoms with E-state index in [2.05, 4.69) is 166 Å². The molecule has 0 heterocycles. The summed E-state index contributed by atoms with van der Waals surface area (Å²) in [5.74, 6) is -0.903. The van der Waals surface area contributed by atoms with Crippen molar-refractivity contribution in [2.45, 2.75) is 238 Å². The van der Waals surface area contributed by atoms with E-state index in [9.17, 15) is 19.0 Å². The lowest BCUT2D eigenvalue weighted by molar-refractivity contribution is -0.161. The normalized spacial score (nSPS) is 14.1. The Kier molecular flexibility index (Phi) is 59.3. The van der Waals surface area contributed by atoms with Gasteiger partial charge >= 0.3 is 19.8 Å². The van der Waals surface area contributed by atoms with Crippen LogP contribution in [0, 0.1) is 0 Å². The van der Waals surface area contributed by atoms with Crippen molar-refractivity contribution in [1.82, 2.24) is 0 Å². The maximum Gasteiger partial charge on any atom is 0.472 e. The Bertz CT molecular complexity index is 1850. The molecule has 10 heteroatoms. The van der Waals surface area contributed by atoms with Gasteiger partial charge in [0, 0.05) is 19.4 Å². The average molecular weight is 1110 g/mol. The Morgan fingerprint density at radius 2 is 0.671 bits per heavy atom. The molecule has 0 radical (unpaired) electrons. The van der Waals surface area contributed by atoms with Crippen LogP contribution in [0.1, 0.15) is 232 Å². The minimum atomic E-state index is -4.41. The van der Waals surface area contributed by atoms with Crippen LogP contribution < -0.4 is 5.73 Å². The number of unbranched alkanes of at least 4 members (excludes halogenated alkanes) is 17. The van der Waals surface area contributed by atoms with Gasteiger partial charge < -0.3 is 20.1 Å². The van der Waals surface area contributed by atoms with Crippen LogP contribution in [0.25, 0.3) is 0 Å². The smallest absolute Gasteiger partial charge is 0.462 e. The van der Waals surface area contributed by atoms with Crippen LogP contribution in [-0.2, 0) is 32.7 Å². The minimum absolute atomic E-state index is 0.0392. The summed E-state index contributed by atoms with van der Waals surface area (Å²) in [6, 6.07) is 0. The number of esters is 2. The van der Waals surface area contributed by atoms with E-state index in [0.29, 0.717) is 12.8 Å². The summed E-state index contributed by atoms with van der Waals surface area (Å²) in [4.78, 5) is 35.1. The summed E-state index contributed by atoms with van der Waals surface area (Å²) >= 11 is 0. The zero-order valence-corrected chi connectivity index (χ0v) is 50.7. The molecule has 0 aliphatic rings. The highest BCUT2D eigenvalue weighted by molar-refractivity contribution is 7.47. The topological polar surface area (TPSA) is 134 Å². The first-order chi connectivity index (χ1) is 38.8. The lowest BCUT2D eigenvalue weighted by atomic mass is 10.0. The Balaban J connectivity index is 3.93. The van der Waals surface area contributed by atoms with Crippen molar-refractivity contribution in [2.75, 3.05) is 26.4 Å². The zero-order chi connectivity index (χ0) is 57.3. The van der Waals surface area contributed by atoms with E-state index >= 15 is 0 Å². The van der Waals surface area contributed by atoms with Crippen molar-refractivity contribution in [3.05, 3.63) is 158 Å². The molecule has 2 unspecified atom stereocenters. The highest BCUT2D eigenvalue weighted by Gasteiger charge is 2.26. The number of allylic oxidation sites excluding steroid dienone is 26. The molecule has 0 saturated heterocycles. The highest BCUT2D eigenvalue weighted by atomic mass is 31.2. The third kappa shape index (κ3) is 62.7. The number of ether oxygens (including phenoxy) is 2. The van der Waals surface area contributed by atoms with Crippen molar-refractivity contribution >= 4 is 19.8 Å². The fourth-order valence-corrected chi connectivity index (χ4v) is 8.69. The van der Waals surface area contributed by atoms with Crippen LogP contribution in [0.3, 0.4) is 0 Å². The first kappa shape index (κ1) is 74.6. The zero-order valence-electron chi connectivity index (χ0n) is 49.8. The second kappa shape index (κ2) is 62.8. The standard InChI is InChI=1S/C69H112NO8P/c1-3-5-7-9-11-13-15-17-19-21-22-23-24-25-26-27-28-29-30-31-32-33-34-35-36-37-38-39-40-41-42-43-44-46-48-50-52-54-56-58-60-62-69(72)78-67(66-77-79(73,74)76-64-63-70)65-75-68(71)61-59-57-55-53-51-49-47-45-20-18-16-14-12-10-8-6-4-2/h5-8,11-14,17-20,22-23,25-26,28-29,31-32,34-35,47,49,53,55,67H,3-4,9-10,15-16,21,24,27,30,33,36-46,48,50-52,54,56-66,70H2,1-2H3,(H,73,74)/b7-5-,8-6-,13-11-,14-12-,19-17-,20-18-,23-22-,26-25-,29-28-,32-31-,35-34-,49-47-,55-53-. The molecule has 446 valence electrons. The van der Waals surface area contributed by atoms with Crippen LogP contribution in [0.4, 0.5) is 0 Å². The molecule has 0 aromatic carbocycles. The molecule has 0 aliphatic carbocycles. The summed E-state index contributed by atoms with van der Waals surface area (Å²) in [6.45, 7) is 3.43. The van der Waals surface area contributed by atoms with E-state index in [1.807, 2.05) is 6.08 Å². The largest absolute Gasteiger partial charge is 0.472 e. The van der Waals surface area contributed by atoms with Crippen molar-refractivity contribution in [3.63, 3.8) is 0 Å². The van der Waals surface area contributed by atoms with E-state index in [-0.39, 0.29) is 32.6 Å². The van der Waals surface area contributed by atoms with Gasteiger partial charge in [-0.2, -0.15) is 0 Å². The Hall–Kier alpha value is -4.37. The number of hydrogen-bond acceptors (Lipinski definition) is 8. The lowest BCUT2D eigenvalue weighted by Gasteiger charge is -2.19. The van der Waals surface area contributed by atoms with E-state index in [1.54, 1.807) is 0 Å². The average Bonchev–Trinajstić information content (AvgIpc) is 3.44. The molecule has 0 fully saturated rings. The third-order valence-corrected chi connectivity index (χ3v) is 13.4. The molecule has 0 amide bonds. The molecule has 0 aromatic rings. The highest BCUT2D eigenvalue weighted by Crippen LogP contribution is 2.43. The van der Waals surface area contributed by atoms with Crippen LogP contribution in [0.2, 0.25) is 0 Å². The molecule has 0 rings (SSSR count). The molecule has 0 bridgehead atoms. The van der Waals surface area contributed by atoms with Gasteiger partial charge in [0.2, 0.25) is 0 Å². The first-order valence-corrected chi connectivity index (χ1v) is 32.5. The lowest BCUT2D eigenvalue weighted by Crippen LogP contribution is -2.29. The summed E-state index contributed by atoms with van der Waals surface area (Å²) < 4.78 is 33.0. The number of carbonyl (C=O) groups excluding carboxylic acids is 2. The number of hydrogen-bond donors (Lipinski definition) is 2. The minimum Gasteiger partial charge on any atom is -0.462 e. The molecule has 0 spiro atoms. The third-order valence-electron chi connectivity index (χ3n) is 12.4. The molecular weight excluding hydrogens is 1000 g/mol. The van der Waals surface area contributed by atoms with Crippen LogP contribution in [-0.4, -0.2) is 49.3 Å². The van der Waals surface area contributed by atoms with Crippen molar-refractivity contribution in [2.24, 2.45) is 5.73 Å². The maximum absolute atomic E-state index is 12.7. The molecule has 3 N–H and O–H groups in total. The van der Waals surface area contributed by atoms with Gasteiger partial charge in [0.05, 0.1) is 13.2 Å². The monoisotopic (exact) mass is 1110 g/mol. The van der Waals surface area contributed by atoms with Crippen molar-refractivity contribution in [3.8, 4) is 0 Å². The SMILES string of the molecule is CC/C=C\C/C=C\C/C=C\C/C=C\C/C=C\C/C=C\C/C=C\C/C=C\CCCCCCCCCCCCCCCCCCC(=O)OC(COC(=O)CCC/C=C\C/C=C\C/C=C\C/C=C\C/C=C\CC)COP(=O)(O)OCCN. The molecule has 0 saturated carbocycles. The molecule has 79 heavy (non-hydrogen) atoms. The number of rotatable bonds is 56. The van der Waals surface area contributed by atoms with Crippen molar-refractivity contribution in [1.29, 1.82) is 0 Å². The van der Waals surface area contributed by atoms with E-state index < -0.39 is 32.5 Å². The van der Waals surface area contributed by atoms with Crippen LogP contribution in [0.15, 0.2) is 158 Å². The number of phosphoric ester groups is 1. The van der Waals surface area contributed by atoms with Gasteiger partial charge in [0.1, 0.15) is 6.61 Å². The number of carbonyl (C=O) groups is 2. The predicted molar refractivity (Wildman–Crippen MR) is 339 cm³/mol. The Morgan fingerprint density at radius 1 is 0.380 bits per heavy atom. The molecule has 2 atom stereocenters. The van der Waals surface area contributed by atoms with E-state index in [4.69, 9.17) is 24.3 Å². The second-order valence-corrected chi connectivity index (χ2v) is 21.3. The Morgan fingerprint density at radius 3 is 1.01 bits per heavy atom. The molecular formula is C69H112NO8P. The molecule has 9 nitrogen and oxygen atoms in total. The molecule has 0 aromatic heterocycles. The van der Waals surface area contributed by atoms with Gasteiger partial charge in [-0.15, -0.1) is 0 Å². The summed E-state index contributed by atoms with van der Waals surface area (Å²) in [5.41, 5.74) is 5.38. The number of phosphoric acid groups is 1. The van der Waals surface area contributed by atoms with Gasteiger partial charge in [-0.3, -0.25) is 18.6 Å². The first-order valence-electron chi connectivity index (χ1n) is 31.0. The summed E-state index contributed by atoms with van der Waals surface area (Å²) in [6.07, 6.45) is 91.9.